The van der Waals surface area contributed by atoms with E-state index < -0.39 is 17.4 Å². The Morgan fingerprint density at radius 2 is 2.00 bits per heavy atom. The van der Waals surface area contributed by atoms with Crippen LogP contribution in [-0.4, -0.2) is 16.9 Å². The van der Waals surface area contributed by atoms with Crippen LogP contribution in [0.25, 0.3) is 11.3 Å². The third kappa shape index (κ3) is 1.94. The van der Waals surface area contributed by atoms with Gasteiger partial charge in [0.1, 0.15) is 5.82 Å². The van der Waals surface area contributed by atoms with Gasteiger partial charge < -0.3 is 10.5 Å². The lowest BCUT2D eigenvalue weighted by Gasteiger charge is -2.08. The van der Waals surface area contributed by atoms with Crippen molar-refractivity contribution in [3.63, 3.8) is 0 Å². The second-order valence-electron chi connectivity index (χ2n) is 3.65. The summed E-state index contributed by atoms with van der Waals surface area (Å²) in [6.45, 7) is 0. The van der Waals surface area contributed by atoms with E-state index in [0.717, 1.165) is 0 Å². The summed E-state index contributed by atoms with van der Waals surface area (Å²) in [5, 5.41) is 4.04. The highest BCUT2D eigenvalue weighted by molar-refractivity contribution is 9.10. The van der Waals surface area contributed by atoms with Crippen molar-refractivity contribution in [3.05, 3.63) is 28.2 Å². The summed E-state index contributed by atoms with van der Waals surface area (Å²) >= 11 is 3.01. The van der Waals surface area contributed by atoms with E-state index in [1.54, 1.807) is 7.05 Å². The summed E-state index contributed by atoms with van der Waals surface area (Å²) in [4.78, 5) is 0. The van der Waals surface area contributed by atoms with Gasteiger partial charge in [0.15, 0.2) is 17.4 Å². The lowest BCUT2D eigenvalue weighted by atomic mass is 10.1. The number of halogens is 3. The van der Waals surface area contributed by atoms with Crippen molar-refractivity contribution < 1.29 is 13.5 Å². The molecule has 96 valence electrons. The molecule has 0 radical (unpaired) electrons. The monoisotopic (exact) mass is 317 g/mol. The zero-order chi connectivity index (χ0) is 13.4. The van der Waals surface area contributed by atoms with Crippen molar-refractivity contribution in [2.45, 2.75) is 0 Å². The summed E-state index contributed by atoms with van der Waals surface area (Å²) in [6.07, 6.45) is 0. The number of rotatable bonds is 2. The standard InChI is InChI=1S/C11H10BrF2N3O/c1-17-8(15)4-7(16-17)5-3-6(12)10(14)11(18-2)9(5)13/h3-4H,15H2,1-2H3. The van der Waals surface area contributed by atoms with Gasteiger partial charge in [-0.3, -0.25) is 4.68 Å². The average Bonchev–Trinajstić information content (AvgIpc) is 2.65. The second kappa shape index (κ2) is 4.56. The highest BCUT2D eigenvalue weighted by atomic mass is 79.9. The van der Waals surface area contributed by atoms with Crippen LogP contribution < -0.4 is 10.5 Å². The molecule has 2 rings (SSSR count). The number of nitrogens with zero attached hydrogens (tertiary/aromatic N) is 2. The van der Waals surface area contributed by atoms with Crippen LogP contribution in [0.15, 0.2) is 16.6 Å². The second-order valence-corrected chi connectivity index (χ2v) is 4.50. The number of methoxy groups -OCH3 is 1. The molecular weight excluding hydrogens is 308 g/mol. The maximum Gasteiger partial charge on any atom is 0.192 e. The first kappa shape index (κ1) is 12.8. The molecule has 2 N–H and O–H groups in total. The van der Waals surface area contributed by atoms with Gasteiger partial charge in [0.2, 0.25) is 0 Å². The zero-order valence-corrected chi connectivity index (χ0v) is 11.3. The highest BCUT2D eigenvalue weighted by Crippen LogP contribution is 2.35. The van der Waals surface area contributed by atoms with Crippen LogP contribution in [-0.2, 0) is 7.05 Å². The van der Waals surface area contributed by atoms with Crippen LogP contribution in [0, 0.1) is 11.6 Å². The SMILES string of the molecule is COc1c(F)c(Br)cc(-c2cc(N)n(C)n2)c1F. The Labute approximate surface area is 110 Å². The summed E-state index contributed by atoms with van der Waals surface area (Å²) in [5.74, 6) is -1.67. The molecule has 0 bridgehead atoms. The first-order valence-electron chi connectivity index (χ1n) is 4.97. The van der Waals surface area contributed by atoms with Crippen LogP contribution in [0.3, 0.4) is 0 Å². The summed E-state index contributed by atoms with van der Waals surface area (Å²) in [6, 6.07) is 2.80. The molecule has 0 fully saturated rings. The number of nitrogens with two attached hydrogens (primary N) is 1. The Balaban J connectivity index is 2.68. The van der Waals surface area contributed by atoms with E-state index in [-0.39, 0.29) is 10.0 Å². The predicted molar refractivity (Wildman–Crippen MR) is 67.2 cm³/mol. The smallest absolute Gasteiger partial charge is 0.192 e. The summed E-state index contributed by atoms with van der Waals surface area (Å²) in [7, 11) is 2.83. The van der Waals surface area contributed by atoms with Crippen LogP contribution in [0.5, 0.6) is 5.75 Å². The molecule has 0 atom stereocenters. The number of ether oxygens (including phenoxy) is 1. The summed E-state index contributed by atoms with van der Waals surface area (Å²) in [5.41, 5.74) is 6.06. The van der Waals surface area contributed by atoms with Gasteiger partial charge in [-0.25, -0.2) is 8.78 Å². The minimum absolute atomic E-state index is 0.0972. The van der Waals surface area contributed by atoms with Gasteiger partial charge in [0.05, 0.1) is 17.3 Å². The maximum atomic E-state index is 14.1. The topological polar surface area (TPSA) is 53.1 Å². The van der Waals surface area contributed by atoms with E-state index in [4.69, 9.17) is 10.5 Å². The van der Waals surface area contributed by atoms with Crippen LogP contribution in [0.1, 0.15) is 0 Å². The van der Waals surface area contributed by atoms with Crippen LogP contribution in [0.2, 0.25) is 0 Å². The molecule has 0 saturated heterocycles. The zero-order valence-electron chi connectivity index (χ0n) is 9.67. The number of aromatic nitrogens is 2. The van der Waals surface area contributed by atoms with Crippen molar-refractivity contribution >= 4 is 21.7 Å². The lowest BCUT2D eigenvalue weighted by Crippen LogP contribution is -1.98. The Morgan fingerprint density at radius 3 is 2.50 bits per heavy atom. The molecule has 2 aromatic rings. The fraction of sp³-hybridized carbons (Fsp3) is 0.182. The molecule has 0 aliphatic rings. The van der Waals surface area contributed by atoms with Gasteiger partial charge in [-0.15, -0.1) is 0 Å². The molecule has 0 saturated carbocycles. The van der Waals surface area contributed by atoms with Crippen LogP contribution >= 0.6 is 15.9 Å². The number of anilines is 1. The number of aryl methyl sites for hydroxylation is 1. The van der Waals surface area contributed by atoms with Crippen molar-refractivity contribution in [1.82, 2.24) is 9.78 Å². The minimum atomic E-state index is -0.809. The first-order valence-corrected chi connectivity index (χ1v) is 5.76. The number of hydrogen-bond acceptors (Lipinski definition) is 3. The molecule has 1 heterocycles. The highest BCUT2D eigenvalue weighted by Gasteiger charge is 2.20. The third-order valence-electron chi connectivity index (χ3n) is 2.51. The predicted octanol–water partition coefficient (Wildman–Crippen LogP) is 2.72. The first-order chi connectivity index (χ1) is 8.45. The fourth-order valence-corrected chi connectivity index (χ4v) is 1.97. The van der Waals surface area contributed by atoms with Gasteiger partial charge in [0, 0.05) is 18.7 Å². The minimum Gasteiger partial charge on any atom is -0.491 e. The molecule has 4 nitrogen and oxygen atoms in total. The molecular formula is C11H10BrF2N3O. The molecule has 0 spiro atoms. The number of hydrogen-bond donors (Lipinski definition) is 1. The van der Waals surface area contributed by atoms with E-state index >= 15 is 0 Å². The molecule has 1 aromatic heterocycles. The normalized spacial score (nSPS) is 10.7. The Kier molecular flexibility index (Phi) is 3.25. The van der Waals surface area contributed by atoms with Crippen LogP contribution in [0.4, 0.5) is 14.6 Å². The van der Waals surface area contributed by atoms with E-state index in [9.17, 15) is 8.78 Å². The van der Waals surface area contributed by atoms with Crippen molar-refractivity contribution in [2.24, 2.45) is 7.05 Å². The summed E-state index contributed by atoms with van der Waals surface area (Å²) < 4.78 is 33.9. The number of nitrogen functional groups attached to an aromatic ring is 1. The molecule has 0 aliphatic carbocycles. The number of benzene rings is 1. The molecule has 0 unspecified atom stereocenters. The van der Waals surface area contributed by atoms with E-state index in [1.807, 2.05) is 0 Å². The third-order valence-corrected chi connectivity index (χ3v) is 3.09. The Morgan fingerprint density at radius 1 is 1.33 bits per heavy atom. The van der Waals surface area contributed by atoms with Gasteiger partial charge in [0.25, 0.3) is 0 Å². The van der Waals surface area contributed by atoms with E-state index in [0.29, 0.717) is 11.5 Å². The molecule has 1 aromatic carbocycles. The van der Waals surface area contributed by atoms with Gasteiger partial charge >= 0.3 is 0 Å². The molecule has 0 amide bonds. The fourth-order valence-electron chi connectivity index (χ4n) is 1.56. The Hall–Kier alpha value is -1.63. The maximum absolute atomic E-state index is 14.1. The van der Waals surface area contributed by atoms with Gasteiger partial charge in [-0.05, 0) is 22.0 Å². The quantitative estimate of drug-likeness (QED) is 0.866. The molecule has 0 aliphatic heterocycles. The van der Waals surface area contributed by atoms with Crippen molar-refractivity contribution in [3.8, 4) is 17.0 Å². The van der Waals surface area contributed by atoms with Crippen molar-refractivity contribution in [2.75, 3.05) is 12.8 Å². The van der Waals surface area contributed by atoms with Gasteiger partial charge in [-0.1, -0.05) is 0 Å². The molecule has 7 heteroatoms. The van der Waals surface area contributed by atoms with Crippen molar-refractivity contribution in [1.29, 1.82) is 0 Å². The van der Waals surface area contributed by atoms with Gasteiger partial charge in [-0.2, -0.15) is 5.10 Å². The van der Waals surface area contributed by atoms with E-state index in [1.165, 1.54) is 23.9 Å². The largest absolute Gasteiger partial charge is 0.491 e. The molecule has 18 heavy (non-hydrogen) atoms. The lowest BCUT2D eigenvalue weighted by molar-refractivity contribution is 0.359. The van der Waals surface area contributed by atoms with E-state index in [2.05, 4.69) is 21.0 Å². The average molecular weight is 318 g/mol. The Bertz CT molecular complexity index is 593.